The first-order valence-corrected chi connectivity index (χ1v) is 15.3. The van der Waals surface area contributed by atoms with Gasteiger partial charge in [0.05, 0.1) is 0 Å². The Labute approximate surface area is 246 Å². The minimum atomic E-state index is -3.83. The van der Waals surface area contributed by atoms with Gasteiger partial charge >= 0.3 is 6.03 Å². The average molecular weight is 601 g/mol. The van der Waals surface area contributed by atoms with Crippen LogP contribution in [0.1, 0.15) is 24.8 Å². The Morgan fingerprint density at radius 2 is 1.76 bits per heavy atom. The Morgan fingerprint density at radius 3 is 2.43 bits per heavy atom. The lowest BCUT2D eigenvalue weighted by molar-refractivity contribution is -0.123. The van der Waals surface area contributed by atoms with Crippen molar-refractivity contribution in [1.82, 2.24) is 25.4 Å². The molecule has 3 rings (SSSR count). The van der Waals surface area contributed by atoms with Crippen molar-refractivity contribution in [2.24, 2.45) is 16.6 Å². The Bertz CT molecular complexity index is 1300. The van der Waals surface area contributed by atoms with Crippen molar-refractivity contribution in [3.8, 4) is 0 Å². The van der Waals surface area contributed by atoms with Crippen LogP contribution in [0.15, 0.2) is 76.4 Å². The SMILES string of the molecule is CN1CCN(C(=O)N[C@@H](CCCON=C(N)N)C(=O)N[C@H](/C=C/S(=O)(=O)c2ccccn2)CCc2ccccc2)CC1. The Morgan fingerprint density at radius 1 is 1.05 bits per heavy atom. The molecule has 3 amide bonds. The van der Waals surface area contributed by atoms with Gasteiger partial charge in [0.1, 0.15) is 12.6 Å². The summed E-state index contributed by atoms with van der Waals surface area (Å²) in [6.07, 6.45) is 4.48. The van der Waals surface area contributed by atoms with E-state index in [-0.39, 0.29) is 30.0 Å². The number of hydrogen-bond donors (Lipinski definition) is 4. The van der Waals surface area contributed by atoms with Gasteiger partial charge in [-0.05, 0) is 55.6 Å². The second-order valence-electron chi connectivity index (χ2n) is 9.96. The molecule has 0 aliphatic carbocycles. The van der Waals surface area contributed by atoms with Gasteiger partial charge in [-0.3, -0.25) is 4.79 Å². The number of guanidine groups is 1. The molecule has 1 aromatic heterocycles. The molecule has 0 unspecified atom stereocenters. The average Bonchev–Trinajstić information content (AvgIpc) is 2.98. The molecule has 14 heteroatoms. The lowest BCUT2D eigenvalue weighted by Crippen LogP contribution is -2.56. The van der Waals surface area contributed by atoms with Crippen LogP contribution in [0.4, 0.5) is 4.79 Å². The van der Waals surface area contributed by atoms with Crippen molar-refractivity contribution < 1.29 is 22.8 Å². The molecule has 6 N–H and O–H groups in total. The zero-order chi connectivity index (χ0) is 30.4. The first-order valence-electron chi connectivity index (χ1n) is 13.8. The van der Waals surface area contributed by atoms with Crippen molar-refractivity contribution in [3.05, 3.63) is 71.8 Å². The number of nitrogens with zero attached hydrogens (tertiary/aromatic N) is 4. The Balaban J connectivity index is 1.75. The maximum Gasteiger partial charge on any atom is 0.318 e. The van der Waals surface area contributed by atoms with Crippen molar-refractivity contribution in [1.29, 1.82) is 0 Å². The fourth-order valence-corrected chi connectivity index (χ4v) is 5.25. The number of amides is 3. The molecular formula is C28H40N8O5S. The van der Waals surface area contributed by atoms with Crippen LogP contribution < -0.4 is 22.1 Å². The largest absolute Gasteiger partial charge is 0.393 e. The number of hydrogen-bond acceptors (Lipinski definition) is 8. The Kier molecular flexibility index (Phi) is 12.6. The highest BCUT2D eigenvalue weighted by Crippen LogP contribution is 2.12. The van der Waals surface area contributed by atoms with Gasteiger partial charge in [-0.15, -0.1) is 0 Å². The highest BCUT2D eigenvalue weighted by atomic mass is 32.2. The number of benzene rings is 1. The van der Waals surface area contributed by atoms with Crippen LogP contribution >= 0.6 is 0 Å². The summed E-state index contributed by atoms with van der Waals surface area (Å²) in [4.78, 5) is 39.3. The number of aryl methyl sites for hydroxylation is 1. The third-order valence-electron chi connectivity index (χ3n) is 6.64. The number of likely N-dealkylation sites (N-methyl/N-ethyl adjacent to an activating group) is 1. The third-order valence-corrected chi connectivity index (χ3v) is 7.98. The van der Waals surface area contributed by atoms with Crippen LogP contribution in [0.2, 0.25) is 0 Å². The van der Waals surface area contributed by atoms with E-state index < -0.39 is 27.8 Å². The molecule has 13 nitrogen and oxygen atoms in total. The number of carbonyl (C=O) groups is 2. The number of urea groups is 1. The van der Waals surface area contributed by atoms with E-state index in [1.807, 2.05) is 37.4 Å². The lowest BCUT2D eigenvalue weighted by atomic mass is 10.0. The van der Waals surface area contributed by atoms with Crippen LogP contribution in [0.25, 0.3) is 0 Å². The number of nitrogens with two attached hydrogens (primary N) is 2. The molecule has 1 aromatic carbocycles. The van der Waals surface area contributed by atoms with Crippen LogP contribution in [0, 0.1) is 0 Å². The molecule has 0 saturated carbocycles. The normalized spacial score (nSPS) is 15.5. The monoisotopic (exact) mass is 600 g/mol. The van der Waals surface area contributed by atoms with Crippen LogP contribution in [-0.4, -0.2) is 93.0 Å². The summed E-state index contributed by atoms with van der Waals surface area (Å²) in [7, 11) is -1.85. The number of oxime groups is 1. The van der Waals surface area contributed by atoms with E-state index in [1.54, 1.807) is 17.0 Å². The molecule has 1 aliphatic rings. The van der Waals surface area contributed by atoms with Gasteiger partial charge in [0, 0.05) is 43.8 Å². The smallest absolute Gasteiger partial charge is 0.318 e. The summed E-state index contributed by atoms with van der Waals surface area (Å²) < 4.78 is 25.7. The van der Waals surface area contributed by atoms with E-state index in [2.05, 4.69) is 25.7 Å². The molecule has 228 valence electrons. The highest BCUT2D eigenvalue weighted by Gasteiger charge is 2.26. The molecule has 2 atom stereocenters. The molecule has 42 heavy (non-hydrogen) atoms. The first kappa shape index (κ1) is 32.3. The molecule has 1 fully saturated rings. The van der Waals surface area contributed by atoms with Crippen molar-refractivity contribution in [3.63, 3.8) is 0 Å². The van der Waals surface area contributed by atoms with E-state index in [0.29, 0.717) is 32.4 Å². The number of nitrogens with one attached hydrogen (secondary N) is 2. The number of rotatable bonds is 14. The first-order chi connectivity index (χ1) is 20.1. The number of aromatic nitrogens is 1. The van der Waals surface area contributed by atoms with Gasteiger partial charge in [-0.25, -0.2) is 18.2 Å². The third kappa shape index (κ3) is 11.0. The summed E-state index contributed by atoms with van der Waals surface area (Å²) >= 11 is 0. The standard InChI is InChI=1S/C28H40N8O5S/c1-35-16-18-36(19-17-35)28(38)33-24(10-7-20-41-34-27(29)30)26(37)32-23(13-12-22-8-3-2-4-9-22)14-21-42(39,40)25-11-5-6-15-31-25/h2-6,8-9,11,14-15,21,23-24H,7,10,12-13,16-20H2,1H3,(H,32,37)(H,33,38)(H4,29,30,34)/b21-14+/t23-,24-/m0/s1. The minimum Gasteiger partial charge on any atom is -0.393 e. The maximum atomic E-state index is 13.5. The predicted molar refractivity (Wildman–Crippen MR) is 160 cm³/mol. The molecule has 2 heterocycles. The van der Waals surface area contributed by atoms with Crippen molar-refractivity contribution in [2.75, 3.05) is 39.8 Å². The molecule has 1 aliphatic heterocycles. The van der Waals surface area contributed by atoms with Gasteiger partial charge in [-0.1, -0.05) is 42.5 Å². The zero-order valence-electron chi connectivity index (χ0n) is 23.8. The van der Waals surface area contributed by atoms with Gasteiger partial charge in [0.25, 0.3) is 0 Å². The Hall–Kier alpha value is -4.17. The predicted octanol–water partition coefficient (Wildman–Crippen LogP) is 0.797. The van der Waals surface area contributed by atoms with E-state index in [1.165, 1.54) is 18.3 Å². The van der Waals surface area contributed by atoms with Crippen LogP contribution in [0.5, 0.6) is 0 Å². The van der Waals surface area contributed by atoms with Gasteiger partial charge in [0.15, 0.2) is 5.03 Å². The molecule has 0 bridgehead atoms. The minimum absolute atomic E-state index is 0.0903. The highest BCUT2D eigenvalue weighted by molar-refractivity contribution is 7.94. The van der Waals surface area contributed by atoms with Crippen LogP contribution in [-0.2, 0) is 25.9 Å². The number of piperazine rings is 1. The molecule has 1 saturated heterocycles. The quantitative estimate of drug-likeness (QED) is 0.105. The van der Waals surface area contributed by atoms with Crippen molar-refractivity contribution >= 4 is 27.7 Å². The van der Waals surface area contributed by atoms with Gasteiger partial charge in [0.2, 0.25) is 21.7 Å². The number of pyridine rings is 1. The number of carbonyl (C=O) groups excluding carboxylic acids is 2. The molecular weight excluding hydrogens is 560 g/mol. The van der Waals surface area contributed by atoms with Crippen molar-refractivity contribution in [2.45, 2.75) is 42.8 Å². The zero-order valence-corrected chi connectivity index (χ0v) is 24.6. The lowest BCUT2D eigenvalue weighted by Gasteiger charge is -2.33. The van der Waals surface area contributed by atoms with E-state index >= 15 is 0 Å². The molecule has 2 aromatic rings. The van der Waals surface area contributed by atoms with Gasteiger partial charge < -0.3 is 36.7 Å². The van der Waals surface area contributed by atoms with Crippen LogP contribution in [0.3, 0.4) is 0 Å². The summed E-state index contributed by atoms with van der Waals surface area (Å²) in [6, 6.07) is 12.4. The molecule has 0 spiro atoms. The fraction of sp³-hybridized carbons (Fsp3) is 0.429. The number of sulfone groups is 1. The topological polar surface area (TPSA) is 185 Å². The fourth-order valence-electron chi connectivity index (χ4n) is 4.24. The summed E-state index contributed by atoms with van der Waals surface area (Å²) in [5.41, 5.74) is 11.6. The van der Waals surface area contributed by atoms with E-state index in [9.17, 15) is 18.0 Å². The van der Waals surface area contributed by atoms with E-state index in [0.717, 1.165) is 24.1 Å². The van der Waals surface area contributed by atoms with Gasteiger partial charge in [-0.2, -0.15) is 0 Å². The summed E-state index contributed by atoms with van der Waals surface area (Å²) in [5.74, 6) is -0.668. The maximum absolute atomic E-state index is 13.5. The van der Waals surface area contributed by atoms with E-state index in [4.69, 9.17) is 16.3 Å². The summed E-state index contributed by atoms with van der Waals surface area (Å²) in [5, 5.41) is 10.2. The molecule has 0 radical (unpaired) electrons. The second kappa shape index (κ2) is 16.3. The second-order valence-corrected chi connectivity index (χ2v) is 11.7. The summed E-state index contributed by atoms with van der Waals surface area (Å²) in [6.45, 7) is 2.67.